The molecule has 3 fully saturated rings. The Morgan fingerprint density at radius 2 is 1.58 bits per heavy atom. The SMILES string of the molecule is CN1CCC(N2CCN(C(=O)C(Cc3ccc(O)cc3)[C@H]3CC(N4CCc5ccccc5NC4=O)CCN3C(=O)O)CC2)CC1. The molecule has 242 valence electrons. The fourth-order valence-corrected chi connectivity index (χ4v) is 7.79. The van der Waals surface area contributed by atoms with Crippen LogP contribution in [0.1, 0.15) is 36.8 Å². The maximum Gasteiger partial charge on any atom is 0.407 e. The van der Waals surface area contributed by atoms with Crippen LogP contribution in [0.15, 0.2) is 48.5 Å². The molecule has 0 aliphatic carbocycles. The number of benzene rings is 2. The highest BCUT2D eigenvalue weighted by atomic mass is 16.4. The number of anilines is 1. The number of likely N-dealkylation sites (tertiary alicyclic amines) is 2. The second-order valence-corrected chi connectivity index (χ2v) is 13.1. The number of para-hydroxylation sites is 1. The number of aromatic hydroxyl groups is 1. The smallest absolute Gasteiger partial charge is 0.407 e. The van der Waals surface area contributed by atoms with Crippen LogP contribution in [-0.2, 0) is 17.6 Å². The molecule has 2 unspecified atom stereocenters. The van der Waals surface area contributed by atoms with Gasteiger partial charge in [-0.05, 0) is 88.0 Å². The number of fused-ring (bicyclic) bond motifs is 1. The van der Waals surface area contributed by atoms with Crippen LogP contribution < -0.4 is 5.32 Å². The summed E-state index contributed by atoms with van der Waals surface area (Å²) in [5.74, 6) is -0.504. The number of nitrogens with zero attached hydrogens (tertiary/aromatic N) is 5. The first-order valence-corrected chi connectivity index (χ1v) is 16.4. The van der Waals surface area contributed by atoms with E-state index in [-0.39, 0.29) is 30.3 Å². The topological polar surface area (TPSA) is 120 Å². The lowest BCUT2D eigenvalue weighted by molar-refractivity contribution is -0.140. The summed E-state index contributed by atoms with van der Waals surface area (Å²) in [5, 5.41) is 23.3. The third kappa shape index (κ3) is 7.04. The summed E-state index contributed by atoms with van der Waals surface area (Å²) in [6, 6.07) is 14.2. The van der Waals surface area contributed by atoms with E-state index in [1.165, 1.54) is 4.90 Å². The normalized spacial score (nSPS) is 24.5. The van der Waals surface area contributed by atoms with E-state index >= 15 is 0 Å². The van der Waals surface area contributed by atoms with Gasteiger partial charge in [0.15, 0.2) is 0 Å². The van der Waals surface area contributed by atoms with Crippen LogP contribution in [0.4, 0.5) is 15.3 Å². The minimum Gasteiger partial charge on any atom is -0.508 e. The summed E-state index contributed by atoms with van der Waals surface area (Å²) >= 11 is 0. The van der Waals surface area contributed by atoms with E-state index in [1.54, 1.807) is 24.3 Å². The number of carboxylic acid groups (broad SMARTS) is 1. The van der Waals surface area contributed by atoms with Gasteiger partial charge in [-0.25, -0.2) is 9.59 Å². The van der Waals surface area contributed by atoms with Gasteiger partial charge < -0.3 is 35.1 Å². The standard InChI is InChI=1S/C34H46N6O5/c1-36-14-11-26(12-15-36)37-18-20-38(21-19-37)32(42)29(22-24-6-8-28(41)9-7-24)31-23-27(13-17-40(31)34(44)45)39-16-10-25-4-2-3-5-30(25)35-33(39)43/h2-9,26-27,29,31,41H,10-23H2,1H3,(H,35,43)(H,44,45)/t27?,29?,31-/m1/s1. The van der Waals surface area contributed by atoms with Crippen LogP contribution in [0.5, 0.6) is 5.75 Å². The number of rotatable bonds is 6. The van der Waals surface area contributed by atoms with Crippen molar-refractivity contribution in [2.45, 2.75) is 56.7 Å². The van der Waals surface area contributed by atoms with Gasteiger partial charge in [0.1, 0.15) is 5.75 Å². The summed E-state index contributed by atoms with van der Waals surface area (Å²) in [4.78, 5) is 50.6. The molecule has 0 radical (unpaired) electrons. The van der Waals surface area contributed by atoms with Crippen molar-refractivity contribution in [1.29, 1.82) is 0 Å². The number of phenolic OH excluding ortho intramolecular Hbond substituents is 1. The fourth-order valence-electron chi connectivity index (χ4n) is 7.79. The van der Waals surface area contributed by atoms with Gasteiger partial charge >= 0.3 is 12.1 Å². The maximum absolute atomic E-state index is 14.5. The number of piperidine rings is 2. The zero-order valence-corrected chi connectivity index (χ0v) is 26.2. The molecule has 0 bridgehead atoms. The molecular weight excluding hydrogens is 572 g/mol. The summed E-state index contributed by atoms with van der Waals surface area (Å²) in [5.41, 5.74) is 2.75. The van der Waals surface area contributed by atoms with Crippen molar-refractivity contribution in [2.75, 3.05) is 64.7 Å². The Labute approximate surface area is 265 Å². The summed E-state index contributed by atoms with van der Waals surface area (Å²) < 4.78 is 0. The lowest BCUT2D eigenvalue weighted by atomic mass is 9.82. The Balaban J connectivity index is 1.22. The lowest BCUT2D eigenvalue weighted by Crippen LogP contribution is -2.60. The molecule has 3 saturated heterocycles. The van der Waals surface area contributed by atoms with E-state index in [1.807, 2.05) is 34.1 Å². The van der Waals surface area contributed by atoms with Gasteiger partial charge in [0.2, 0.25) is 5.91 Å². The van der Waals surface area contributed by atoms with Gasteiger partial charge in [-0.15, -0.1) is 0 Å². The molecule has 2 aromatic carbocycles. The molecule has 4 heterocycles. The molecule has 3 N–H and O–H groups in total. The minimum atomic E-state index is -1.04. The van der Waals surface area contributed by atoms with Crippen molar-refractivity contribution in [3.8, 4) is 5.75 Å². The Morgan fingerprint density at radius 3 is 2.29 bits per heavy atom. The number of nitrogens with one attached hydrogen (secondary N) is 1. The molecule has 4 aliphatic rings. The number of phenols is 1. The van der Waals surface area contributed by atoms with Crippen LogP contribution in [0.25, 0.3) is 0 Å². The van der Waals surface area contributed by atoms with Gasteiger partial charge in [0.05, 0.1) is 5.92 Å². The highest BCUT2D eigenvalue weighted by molar-refractivity contribution is 5.91. The minimum absolute atomic E-state index is 0.0317. The third-order valence-electron chi connectivity index (χ3n) is 10.4. The van der Waals surface area contributed by atoms with Gasteiger partial charge in [0.25, 0.3) is 0 Å². The monoisotopic (exact) mass is 618 g/mol. The van der Waals surface area contributed by atoms with E-state index < -0.39 is 18.1 Å². The van der Waals surface area contributed by atoms with Gasteiger partial charge in [-0.2, -0.15) is 0 Å². The number of amides is 4. The number of carbonyl (C=O) groups excluding carboxylic acids is 2. The van der Waals surface area contributed by atoms with Crippen molar-refractivity contribution >= 4 is 23.7 Å². The van der Waals surface area contributed by atoms with Crippen LogP contribution in [0.2, 0.25) is 0 Å². The predicted octanol–water partition coefficient (Wildman–Crippen LogP) is 3.39. The molecule has 4 amide bonds. The third-order valence-corrected chi connectivity index (χ3v) is 10.4. The Bertz CT molecular complexity index is 1360. The highest BCUT2D eigenvalue weighted by Gasteiger charge is 2.44. The Hall–Kier alpha value is -3.83. The average molecular weight is 619 g/mol. The van der Waals surface area contributed by atoms with Gasteiger partial charge in [-0.1, -0.05) is 30.3 Å². The number of carbonyl (C=O) groups is 3. The zero-order chi connectivity index (χ0) is 31.5. The van der Waals surface area contributed by atoms with Crippen LogP contribution >= 0.6 is 0 Å². The Kier molecular flexibility index (Phi) is 9.46. The van der Waals surface area contributed by atoms with E-state index in [4.69, 9.17) is 0 Å². The van der Waals surface area contributed by atoms with E-state index in [0.29, 0.717) is 51.4 Å². The molecule has 45 heavy (non-hydrogen) atoms. The number of hydrogen-bond donors (Lipinski definition) is 3. The zero-order valence-electron chi connectivity index (χ0n) is 26.2. The summed E-state index contributed by atoms with van der Waals surface area (Å²) in [6.45, 7) is 5.84. The second-order valence-electron chi connectivity index (χ2n) is 13.1. The quantitative estimate of drug-likeness (QED) is 0.454. The van der Waals surface area contributed by atoms with E-state index in [0.717, 1.165) is 55.8 Å². The molecule has 11 nitrogen and oxygen atoms in total. The van der Waals surface area contributed by atoms with Crippen molar-refractivity contribution < 1.29 is 24.6 Å². The molecule has 2 aromatic rings. The van der Waals surface area contributed by atoms with Crippen LogP contribution in [0, 0.1) is 5.92 Å². The Morgan fingerprint density at radius 1 is 0.889 bits per heavy atom. The first kappa shape index (κ1) is 31.2. The van der Waals surface area contributed by atoms with Crippen molar-refractivity contribution in [3.63, 3.8) is 0 Å². The fraction of sp³-hybridized carbons (Fsp3) is 0.559. The maximum atomic E-state index is 14.5. The molecule has 3 atom stereocenters. The van der Waals surface area contributed by atoms with Crippen LogP contribution in [-0.4, -0.2) is 130 Å². The van der Waals surface area contributed by atoms with E-state index in [2.05, 4.69) is 22.2 Å². The number of piperazine rings is 1. The largest absolute Gasteiger partial charge is 0.508 e. The van der Waals surface area contributed by atoms with Gasteiger partial charge in [0, 0.05) is 63.1 Å². The second kappa shape index (κ2) is 13.7. The molecule has 0 aromatic heterocycles. The van der Waals surface area contributed by atoms with Crippen molar-refractivity contribution in [2.24, 2.45) is 5.92 Å². The van der Waals surface area contributed by atoms with Crippen LogP contribution in [0.3, 0.4) is 0 Å². The predicted molar refractivity (Wildman–Crippen MR) is 171 cm³/mol. The highest BCUT2D eigenvalue weighted by Crippen LogP contribution is 2.33. The first-order valence-electron chi connectivity index (χ1n) is 16.4. The molecule has 6 rings (SSSR count). The van der Waals surface area contributed by atoms with E-state index in [9.17, 15) is 24.6 Å². The number of urea groups is 1. The van der Waals surface area contributed by atoms with Crippen molar-refractivity contribution in [1.82, 2.24) is 24.5 Å². The molecule has 0 saturated carbocycles. The van der Waals surface area contributed by atoms with Crippen molar-refractivity contribution in [3.05, 3.63) is 59.7 Å². The first-order chi connectivity index (χ1) is 21.8. The molecule has 0 spiro atoms. The number of hydrogen-bond acceptors (Lipinski definition) is 6. The summed E-state index contributed by atoms with van der Waals surface area (Å²) in [6.07, 6.45) is 3.20. The average Bonchev–Trinajstić information content (AvgIpc) is 3.22. The lowest BCUT2D eigenvalue weighted by Gasteiger charge is -2.46. The molecular formula is C34H46N6O5. The summed E-state index contributed by atoms with van der Waals surface area (Å²) in [7, 11) is 2.16. The molecule has 4 aliphatic heterocycles. The van der Waals surface area contributed by atoms with Gasteiger partial charge in [-0.3, -0.25) is 9.69 Å². The molecule has 11 heteroatoms.